The number of nitrogens with zero attached hydrogens (tertiary/aromatic N) is 4. The van der Waals surface area contributed by atoms with Crippen molar-refractivity contribution in [2.75, 3.05) is 0 Å². The van der Waals surface area contributed by atoms with E-state index < -0.39 is 0 Å². The molecule has 3 aromatic rings. The largest absolute Gasteiger partial charge is 0.325 e. The SMILES string of the molecule is CC(Cl)c1nc2cc(F)c(Br)cc2n1CCn1cccn1. The highest BCUT2D eigenvalue weighted by molar-refractivity contribution is 9.10. The van der Waals surface area contributed by atoms with Crippen LogP contribution in [0.1, 0.15) is 18.1 Å². The second-order valence-electron chi connectivity index (χ2n) is 4.76. The summed E-state index contributed by atoms with van der Waals surface area (Å²) in [6, 6.07) is 5.04. The lowest BCUT2D eigenvalue weighted by Gasteiger charge is -2.10. The zero-order valence-corrected chi connectivity index (χ0v) is 13.6. The van der Waals surface area contributed by atoms with E-state index in [4.69, 9.17) is 11.6 Å². The Kier molecular flexibility index (Phi) is 3.99. The molecule has 0 amide bonds. The highest BCUT2D eigenvalue weighted by atomic mass is 79.9. The molecule has 7 heteroatoms. The smallest absolute Gasteiger partial charge is 0.139 e. The molecule has 0 aliphatic heterocycles. The summed E-state index contributed by atoms with van der Waals surface area (Å²) in [5.74, 6) is 0.407. The molecule has 1 aromatic carbocycles. The van der Waals surface area contributed by atoms with Gasteiger partial charge in [-0.1, -0.05) is 0 Å². The standard InChI is InChI=1S/C14H13BrClFN4/c1-9(16)14-19-12-8-11(17)10(15)7-13(12)21(14)6-5-20-4-2-3-18-20/h2-4,7-9H,5-6H2,1H3. The van der Waals surface area contributed by atoms with Gasteiger partial charge in [-0.3, -0.25) is 4.68 Å². The Morgan fingerprint density at radius 3 is 2.86 bits per heavy atom. The molecule has 4 nitrogen and oxygen atoms in total. The van der Waals surface area contributed by atoms with Crippen LogP contribution in [0.15, 0.2) is 35.1 Å². The third kappa shape index (κ3) is 2.82. The van der Waals surface area contributed by atoms with Crippen LogP contribution < -0.4 is 0 Å². The van der Waals surface area contributed by atoms with Crippen LogP contribution in [0.25, 0.3) is 11.0 Å². The summed E-state index contributed by atoms with van der Waals surface area (Å²) in [7, 11) is 0. The van der Waals surface area contributed by atoms with Gasteiger partial charge in [-0.25, -0.2) is 9.37 Å². The van der Waals surface area contributed by atoms with Gasteiger partial charge in [0.15, 0.2) is 0 Å². The molecule has 3 rings (SSSR count). The molecule has 0 radical (unpaired) electrons. The Hall–Kier alpha value is -1.40. The predicted molar refractivity (Wildman–Crippen MR) is 83.9 cm³/mol. The van der Waals surface area contributed by atoms with E-state index in [1.54, 1.807) is 12.3 Å². The molecular weight excluding hydrogens is 359 g/mol. The first-order chi connectivity index (χ1) is 10.1. The zero-order chi connectivity index (χ0) is 15.0. The number of halogens is 3. The average molecular weight is 372 g/mol. The monoisotopic (exact) mass is 370 g/mol. The van der Waals surface area contributed by atoms with Crippen LogP contribution in [-0.4, -0.2) is 19.3 Å². The van der Waals surface area contributed by atoms with Crippen molar-refractivity contribution in [2.24, 2.45) is 0 Å². The Balaban J connectivity index is 2.04. The maximum absolute atomic E-state index is 13.7. The Morgan fingerprint density at radius 2 is 2.19 bits per heavy atom. The molecule has 0 aliphatic carbocycles. The van der Waals surface area contributed by atoms with Crippen LogP contribution in [0.4, 0.5) is 4.39 Å². The summed E-state index contributed by atoms with van der Waals surface area (Å²) < 4.78 is 17.9. The minimum absolute atomic E-state index is 0.253. The van der Waals surface area contributed by atoms with Crippen molar-refractivity contribution < 1.29 is 4.39 Å². The van der Waals surface area contributed by atoms with Gasteiger partial charge in [0.1, 0.15) is 11.6 Å². The van der Waals surface area contributed by atoms with Gasteiger partial charge in [0.05, 0.1) is 27.4 Å². The van der Waals surface area contributed by atoms with E-state index in [1.807, 2.05) is 28.4 Å². The molecule has 0 spiro atoms. The number of alkyl halides is 1. The van der Waals surface area contributed by atoms with Crippen LogP contribution >= 0.6 is 27.5 Å². The van der Waals surface area contributed by atoms with Gasteiger partial charge < -0.3 is 4.57 Å². The minimum atomic E-state index is -0.326. The number of aryl methyl sites for hydroxylation is 2. The van der Waals surface area contributed by atoms with E-state index in [0.29, 0.717) is 23.1 Å². The molecule has 21 heavy (non-hydrogen) atoms. The summed E-state index contributed by atoms with van der Waals surface area (Å²) in [5, 5.41) is 3.93. The van der Waals surface area contributed by atoms with Crippen LogP contribution in [0.5, 0.6) is 0 Å². The van der Waals surface area contributed by atoms with Gasteiger partial charge in [0.25, 0.3) is 0 Å². The molecular formula is C14H13BrClFN4. The molecule has 0 aliphatic rings. The van der Waals surface area contributed by atoms with Crippen molar-refractivity contribution in [3.63, 3.8) is 0 Å². The number of fused-ring (bicyclic) bond motifs is 1. The quantitative estimate of drug-likeness (QED) is 0.646. The molecule has 1 unspecified atom stereocenters. The first-order valence-corrected chi connectivity index (χ1v) is 7.76. The highest BCUT2D eigenvalue weighted by Crippen LogP contribution is 2.28. The summed E-state index contributed by atoms with van der Waals surface area (Å²) in [6.45, 7) is 3.23. The van der Waals surface area contributed by atoms with Gasteiger partial charge in [-0.2, -0.15) is 5.10 Å². The van der Waals surface area contributed by atoms with Gasteiger partial charge in [0.2, 0.25) is 0 Å². The van der Waals surface area contributed by atoms with E-state index in [1.165, 1.54) is 6.07 Å². The lowest BCUT2D eigenvalue weighted by atomic mass is 10.3. The maximum atomic E-state index is 13.7. The normalized spacial score (nSPS) is 13.0. The highest BCUT2D eigenvalue weighted by Gasteiger charge is 2.16. The molecule has 0 saturated heterocycles. The molecule has 0 N–H and O–H groups in total. The molecule has 2 heterocycles. The van der Waals surface area contributed by atoms with E-state index in [-0.39, 0.29) is 11.2 Å². The summed E-state index contributed by atoms with van der Waals surface area (Å²) >= 11 is 9.43. The Labute approximate surface area is 134 Å². The summed E-state index contributed by atoms with van der Waals surface area (Å²) in [5.41, 5.74) is 1.47. The van der Waals surface area contributed by atoms with Gasteiger partial charge >= 0.3 is 0 Å². The topological polar surface area (TPSA) is 35.6 Å². The van der Waals surface area contributed by atoms with Crippen molar-refractivity contribution in [1.29, 1.82) is 0 Å². The fourth-order valence-corrected chi connectivity index (χ4v) is 2.81. The number of imidazole rings is 1. The van der Waals surface area contributed by atoms with E-state index in [9.17, 15) is 4.39 Å². The van der Waals surface area contributed by atoms with Crippen molar-refractivity contribution in [2.45, 2.75) is 25.4 Å². The molecule has 0 fully saturated rings. The number of aromatic nitrogens is 4. The number of hydrogen-bond donors (Lipinski definition) is 0. The molecule has 110 valence electrons. The number of hydrogen-bond acceptors (Lipinski definition) is 2. The van der Waals surface area contributed by atoms with Crippen molar-refractivity contribution in [3.05, 3.63) is 46.7 Å². The van der Waals surface area contributed by atoms with Crippen LogP contribution in [-0.2, 0) is 13.1 Å². The number of rotatable bonds is 4. The van der Waals surface area contributed by atoms with Gasteiger partial charge in [-0.05, 0) is 35.0 Å². The van der Waals surface area contributed by atoms with Crippen molar-refractivity contribution >= 4 is 38.6 Å². The Bertz CT molecular complexity index is 767. The maximum Gasteiger partial charge on any atom is 0.139 e. The van der Waals surface area contributed by atoms with Crippen LogP contribution in [0, 0.1) is 5.82 Å². The average Bonchev–Trinajstić information content (AvgIpc) is 3.05. The molecule has 1 atom stereocenters. The zero-order valence-electron chi connectivity index (χ0n) is 11.3. The van der Waals surface area contributed by atoms with Crippen LogP contribution in [0.3, 0.4) is 0 Å². The third-order valence-corrected chi connectivity index (χ3v) is 4.09. The summed E-state index contributed by atoms with van der Waals surface area (Å²) in [4.78, 5) is 4.45. The van der Waals surface area contributed by atoms with E-state index >= 15 is 0 Å². The lowest BCUT2D eigenvalue weighted by molar-refractivity contribution is 0.528. The third-order valence-electron chi connectivity index (χ3n) is 3.29. The lowest BCUT2D eigenvalue weighted by Crippen LogP contribution is -2.11. The van der Waals surface area contributed by atoms with E-state index in [2.05, 4.69) is 26.0 Å². The van der Waals surface area contributed by atoms with Crippen molar-refractivity contribution in [1.82, 2.24) is 19.3 Å². The molecule has 2 aromatic heterocycles. The van der Waals surface area contributed by atoms with Gasteiger partial charge in [-0.15, -0.1) is 11.6 Å². The Morgan fingerprint density at radius 1 is 1.38 bits per heavy atom. The second-order valence-corrected chi connectivity index (χ2v) is 6.27. The van der Waals surface area contributed by atoms with Crippen LogP contribution in [0.2, 0.25) is 0 Å². The van der Waals surface area contributed by atoms with Crippen molar-refractivity contribution in [3.8, 4) is 0 Å². The molecule has 0 bridgehead atoms. The van der Waals surface area contributed by atoms with E-state index in [0.717, 1.165) is 11.3 Å². The first kappa shape index (κ1) is 14.5. The first-order valence-electron chi connectivity index (χ1n) is 6.53. The van der Waals surface area contributed by atoms with Gasteiger partial charge in [0, 0.05) is 25.0 Å². The minimum Gasteiger partial charge on any atom is -0.325 e. The fourth-order valence-electron chi connectivity index (χ4n) is 2.31. The molecule has 0 saturated carbocycles. The second kappa shape index (κ2) is 5.77. The summed E-state index contributed by atoms with van der Waals surface area (Å²) in [6.07, 6.45) is 3.64. The number of benzene rings is 1. The predicted octanol–water partition coefficient (Wildman–Crippen LogP) is 4.13. The fraction of sp³-hybridized carbons (Fsp3) is 0.286.